The molecular weight excluding hydrogens is 835 g/mol. The van der Waals surface area contributed by atoms with E-state index in [0.29, 0.717) is 44.9 Å². The van der Waals surface area contributed by atoms with Gasteiger partial charge in [0.15, 0.2) is 0 Å². The Labute approximate surface area is 383 Å². The fourth-order valence-electron chi connectivity index (χ4n) is 11.0. The van der Waals surface area contributed by atoms with Crippen LogP contribution in [0.5, 0.6) is 0 Å². The number of aliphatic imine (C=N–C) groups is 1. The van der Waals surface area contributed by atoms with Crippen LogP contribution in [0.1, 0.15) is 80.4 Å². The lowest BCUT2D eigenvalue weighted by Gasteiger charge is -2.38. The summed E-state index contributed by atoms with van der Waals surface area (Å²) in [4.78, 5) is 70.2. The van der Waals surface area contributed by atoms with E-state index in [-0.39, 0.29) is 35.9 Å². The fraction of sp³-hybridized carbons (Fsp3) is 0.385. The van der Waals surface area contributed by atoms with Crippen LogP contribution in [0.15, 0.2) is 108 Å². The number of piperidine rings is 1. The van der Waals surface area contributed by atoms with Crippen molar-refractivity contribution in [1.29, 1.82) is 0 Å². The second-order valence-corrected chi connectivity index (χ2v) is 18.1. The molecule has 66 heavy (non-hydrogen) atoms. The van der Waals surface area contributed by atoms with Crippen LogP contribution in [0, 0.1) is 11.8 Å². The molecule has 0 spiro atoms. The summed E-state index contributed by atoms with van der Waals surface area (Å²) < 4.78 is 15.3. The smallest absolute Gasteiger partial charge is 0.407 e. The van der Waals surface area contributed by atoms with Crippen LogP contribution in [-0.4, -0.2) is 102 Å². The van der Waals surface area contributed by atoms with E-state index in [1.807, 2.05) is 52.5 Å². The lowest BCUT2D eigenvalue weighted by Crippen LogP contribution is -2.53. The molecule has 3 N–H and O–H groups in total. The number of benzene rings is 4. The first-order valence-electron chi connectivity index (χ1n) is 23.2. The average Bonchev–Trinajstić information content (AvgIpc) is 4.24. The van der Waals surface area contributed by atoms with Crippen molar-refractivity contribution in [2.24, 2.45) is 16.8 Å². The van der Waals surface area contributed by atoms with Crippen LogP contribution in [0.25, 0.3) is 38.7 Å². The number of imidazole rings is 1. The summed E-state index contributed by atoms with van der Waals surface area (Å²) in [6.07, 6.45) is 9.17. The summed E-state index contributed by atoms with van der Waals surface area (Å²) in [5.41, 5.74) is 8.03. The molecule has 4 aromatic carbocycles. The number of alkyl carbamates (subject to hydrolysis) is 2. The van der Waals surface area contributed by atoms with Crippen molar-refractivity contribution in [3.05, 3.63) is 120 Å². The minimum absolute atomic E-state index is 0.0279. The van der Waals surface area contributed by atoms with Crippen molar-refractivity contribution < 1.29 is 33.4 Å². The quantitative estimate of drug-likeness (QED) is 0.119. The second kappa shape index (κ2) is 18.6. The van der Waals surface area contributed by atoms with Gasteiger partial charge in [0.25, 0.3) is 5.91 Å². The third-order valence-electron chi connectivity index (χ3n) is 14.4. The molecule has 3 saturated heterocycles. The number of likely N-dealkylation sites (tertiary alicyclic amines) is 2. The number of aromatic nitrogens is 2. The molecule has 1 saturated carbocycles. The molecule has 5 heterocycles. The van der Waals surface area contributed by atoms with Crippen LogP contribution in [0.4, 0.5) is 9.59 Å². The van der Waals surface area contributed by atoms with Gasteiger partial charge in [-0.3, -0.25) is 14.6 Å². The zero-order chi connectivity index (χ0) is 45.3. The maximum absolute atomic E-state index is 14.4. The number of allylic oxidation sites excluding steroid dienone is 1. The van der Waals surface area contributed by atoms with Gasteiger partial charge in [0.2, 0.25) is 5.91 Å². The van der Waals surface area contributed by atoms with Gasteiger partial charge in [-0.1, -0.05) is 78.9 Å². The number of hydrogen-bond donors (Lipinski definition) is 3. The van der Waals surface area contributed by atoms with Gasteiger partial charge in [0.05, 0.1) is 38.2 Å². The Balaban J connectivity index is 0.801. The monoisotopic (exact) mass is 889 g/mol. The van der Waals surface area contributed by atoms with Gasteiger partial charge < -0.3 is 39.6 Å². The lowest BCUT2D eigenvalue weighted by atomic mass is 9.89. The Hall–Kier alpha value is -6.80. The molecule has 5 aromatic rings. The molecule has 5 aliphatic rings. The Morgan fingerprint density at radius 2 is 1.47 bits per heavy atom. The van der Waals surface area contributed by atoms with E-state index >= 15 is 0 Å². The van der Waals surface area contributed by atoms with Gasteiger partial charge >= 0.3 is 12.2 Å². The van der Waals surface area contributed by atoms with Gasteiger partial charge in [-0.25, -0.2) is 14.6 Å². The molecular formula is C52H55N7O7. The highest BCUT2D eigenvalue weighted by molar-refractivity contribution is 6.04. The standard InChI is InChI=1S/C52H55N7O7/c1-64-51(62)56-45(34-20-23-66-24-21-34)49(60)58-22-6-9-44(58)48-54-30-43(55-48)38-17-16-36-25-35(14-15-37(36)26-38)31-10-12-32(13-11-31)40-28-42(53-29-40)47-39-18-19-41(27-39)59(47)50(61)46(57-52(63)65-2)33-7-4-3-5-8-33/h3-5,7-8,10-17,25-26,29-30,34,39,41,44-47H,6,9,18-24,27-28H2,1-2H3,(H,54,55)(H,56,62)(H,57,63)/t39-,41+,44-,45-,46+,47-/m0/s1. The molecule has 4 amide bonds. The van der Waals surface area contributed by atoms with Crippen molar-refractivity contribution >= 4 is 46.1 Å². The largest absolute Gasteiger partial charge is 0.453 e. The summed E-state index contributed by atoms with van der Waals surface area (Å²) in [5, 5.41) is 7.83. The molecule has 14 nitrogen and oxygen atoms in total. The van der Waals surface area contributed by atoms with Crippen molar-refractivity contribution in [2.45, 2.75) is 81.6 Å². The third kappa shape index (κ3) is 8.45. The second-order valence-electron chi connectivity index (χ2n) is 18.1. The van der Waals surface area contributed by atoms with E-state index < -0.39 is 24.3 Å². The molecule has 10 rings (SSSR count). The number of hydrogen-bond acceptors (Lipinski definition) is 9. The number of fused-ring (bicyclic) bond motifs is 3. The van der Waals surface area contributed by atoms with E-state index in [9.17, 15) is 19.2 Å². The van der Waals surface area contributed by atoms with Crippen molar-refractivity contribution in [3.8, 4) is 22.4 Å². The topological polar surface area (TPSA) is 168 Å². The molecule has 4 aliphatic heterocycles. The van der Waals surface area contributed by atoms with E-state index in [1.165, 1.54) is 14.2 Å². The van der Waals surface area contributed by atoms with Crippen LogP contribution in [0.3, 0.4) is 0 Å². The number of amides is 4. The van der Waals surface area contributed by atoms with E-state index in [4.69, 9.17) is 24.2 Å². The third-order valence-corrected chi connectivity index (χ3v) is 14.4. The number of nitrogens with one attached hydrogen (secondary N) is 3. The lowest BCUT2D eigenvalue weighted by molar-refractivity contribution is -0.137. The minimum Gasteiger partial charge on any atom is -0.453 e. The SMILES string of the molecule is COC(=O)N[C@H](C(=O)N1CCC[C@H]1c1ncc(-c2ccc3cc(-c4ccc(C5=CN=C([C@@H]6[C@H]7CC[C@H](C7)N6C(=O)[C@H](NC(=O)OC)c6ccccc6)C5)cc4)ccc3c2)[nH]1)C1CCOCC1. The highest BCUT2D eigenvalue weighted by Crippen LogP contribution is 2.46. The fourth-order valence-corrected chi connectivity index (χ4v) is 11.0. The maximum Gasteiger partial charge on any atom is 0.407 e. The van der Waals surface area contributed by atoms with Crippen LogP contribution in [-0.2, 0) is 23.8 Å². The number of aromatic amines is 1. The minimum atomic E-state index is -0.848. The maximum atomic E-state index is 14.4. The molecule has 1 aromatic heterocycles. The summed E-state index contributed by atoms with van der Waals surface area (Å²) in [7, 11) is 2.62. The van der Waals surface area contributed by atoms with E-state index in [2.05, 4.69) is 76.3 Å². The molecule has 1 aliphatic carbocycles. The van der Waals surface area contributed by atoms with E-state index in [1.54, 1.807) is 0 Å². The first kappa shape index (κ1) is 43.1. The number of carbonyl (C=O) groups excluding carboxylic acids is 4. The number of rotatable bonds is 11. The highest BCUT2D eigenvalue weighted by Gasteiger charge is 2.52. The molecule has 0 radical (unpaired) electrons. The number of carbonyl (C=O) groups is 4. The Kier molecular flexibility index (Phi) is 12.1. The summed E-state index contributed by atoms with van der Waals surface area (Å²) in [6.45, 7) is 1.71. The molecule has 14 heteroatoms. The number of ether oxygens (including phenoxy) is 3. The Morgan fingerprint density at radius 1 is 0.773 bits per heavy atom. The van der Waals surface area contributed by atoms with Crippen molar-refractivity contribution in [3.63, 3.8) is 0 Å². The van der Waals surface area contributed by atoms with Gasteiger partial charge in [-0.15, -0.1) is 0 Å². The van der Waals surface area contributed by atoms with Gasteiger partial charge in [0, 0.05) is 49.7 Å². The molecule has 6 atom stereocenters. The number of nitrogens with zero attached hydrogens (tertiary/aromatic N) is 4. The predicted molar refractivity (Wildman–Crippen MR) is 250 cm³/mol. The molecule has 340 valence electrons. The Bertz CT molecular complexity index is 2690. The zero-order valence-corrected chi connectivity index (χ0v) is 37.3. The van der Waals surface area contributed by atoms with Crippen LogP contribution < -0.4 is 10.6 Å². The zero-order valence-electron chi connectivity index (χ0n) is 37.3. The van der Waals surface area contributed by atoms with Crippen LogP contribution in [0.2, 0.25) is 0 Å². The van der Waals surface area contributed by atoms with Gasteiger partial charge in [-0.2, -0.15) is 0 Å². The Morgan fingerprint density at radius 3 is 2.23 bits per heavy atom. The normalized spacial score (nSPS) is 22.5. The molecule has 4 fully saturated rings. The number of methoxy groups -OCH3 is 2. The average molecular weight is 890 g/mol. The molecule has 2 bridgehead atoms. The summed E-state index contributed by atoms with van der Waals surface area (Å²) >= 11 is 0. The van der Waals surface area contributed by atoms with Crippen LogP contribution >= 0.6 is 0 Å². The highest BCUT2D eigenvalue weighted by atomic mass is 16.5. The first-order chi connectivity index (χ1) is 32.3. The van der Waals surface area contributed by atoms with Crippen molar-refractivity contribution in [1.82, 2.24) is 30.4 Å². The predicted octanol–water partition coefficient (Wildman–Crippen LogP) is 8.37. The van der Waals surface area contributed by atoms with Gasteiger partial charge in [-0.05, 0) is 108 Å². The number of H-pyrrole nitrogens is 1. The van der Waals surface area contributed by atoms with Crippen molar-refractivity contribution in [2.75, 3.05) is 34.0 Å². The molecule has 0 unspecified atom stereocenters. The van der Waals surface area contributed by atoms with E-state index in [0.717, 1.165) is 93.5 Å². The summed E-state index contributed by atoms with van der Waals surface area (Å²) in [5.74, 6) is 0.808. The van der Waals surface area contributed by atoms with Gasteiger partial charge in [0.1, 0.15) is 17.9 Å². The first-order valence-corrected chi connectivity index (χ1v) is 23.2. The summed E-state index contributed by atoms with van der Waals surface area (Å²) in [6, 6.07) is 29.1.